The fourth-order valence-electron chi connectivity index (χ4n) is 1.81. The molecular formula is C13H21N3O. The second-order valence-corrected chi connectivity index (χ2v) is 4.65. The smallest absolute Gasteiger partial charge is 0.240 e. The molecule has 0 unspecified atom stereocenters. The molecule has 0 radical (unpaired) electrons. The first kappa shape index (κ1) is 12.2. The van der Waals surface area contributed by atoms with Crippen molar-refractivity contribution in [1.29, 1.82) is 0 Å². The van der Waals surface area contributed by atoms with Gasteiger partial charge in [-0.25, -0.2) is 0 Å². The third-order valence-corrected chi connectivity index (χ3v) is 2.91. The molecule has 2 rings (SSSR count). The molecule has 1 amide bonds. The maximum absolute atomic E-state index is 11.7. The zero-order valence-corrected chi connectivity index (χ0v) is 10.4. The number of nitrogens with zero attached hydrogens (tertiary/aromatic N) is 1. The summed E-state index contributed by atoms with van der Waals surface area (Å²) in [5.41, 5.74) is 1.17. The summed E-state index contributed by atoms with van der Waals surface area (Å²) >= 11 is 0. The lowest BCUT2D eigenvalue weighted by atomic mass is 10.4. The van der Waals surface area contributed by atoms with Crippen LogP contribution in [-0.4, -0.2) is 23.1 Å². The van der Waals surface area contributed by atoms with Crippen molar-refractivity contribution in [1.82, 2.24) is 15.2 Å². The molecule has 0 aliphatic heterocycles. The Morgan fingerprint density at radius 3 is 3.06 bits per heavy atom. The topological polar surface area (TPSA) is 46.1 Å². The molecule has 1 aliphatic rings. The summed E-state index contributed by atoms with van der Waals surface area (Å²) < 4.78 is 2.01. The predicted molar refractivity (Wildman–Crippen MR) is 67.6 cm³/mol. The maximum Gasteiger partial charge on any atom is 0.240 e. The minimum absolute atomic E-state index is 0.125. The molecule has 17 heavy (non-hydrogen) atoms. The van der Waals surface area contributed by atoms with Crippen molar-refractivity contribution in [2.75, 3.05) is 6.54 Å². The quantitative estimate of drug-likeness (QED) is 0.699. The van der Waals surface area contributed by atoms with E-state index in [2.05, 4.69) is 23.6 Å². The van der Waals surface area contributed by atoms with Gasteiger partial charge >= 0.3 is 0 Å². The fourth-order valence-corrected chi connectivity index (χ4v) is 1.81. The number of amides is 1. The second-order valence-electron chi connectivity index (χ2n) is 4.65. The molecule has 0 aromatic carbocycles. The van der Waals surface area contributed by atoms with Crippen LogP contribution >= 0.6 is 0 Å². The Hall–Kier alpha value is -1.29. The van der Waals surface area contributed by atoms with E-state index in [-0.39, 0.29) is 5.91 Å². The Morgan fingerprint density at radius 1 is 1.53 bits per heavy atom. The van der Waals surface area contributed by atoms with E-state index < -0.39 is 0 Å². The average Bonchev–Trinajstić information content (AvgIpc) is 3.00. The molecule has 1 fully saturated rings. The third-order valence-electron chi connectivity index (χ3n) is 2.91. The van der Waals surface area contributed by atoms with E-state index in [9.17, 15) is 4.79 Å². The third kappa shape index (κ3) is 3.89. The van der Waals surface area contributed by atoms with Crippen molar-refractivity contribution >= 4 is 5.91 Å². The fraction of sp³-hybridized carbons (Fsp3) is 0.615. The number of hydrogen-bond donors (Lipinski definition) is 2. The highest BCUT2D eigenvalue weighted by Crippen LogP contribution is 2.18. The van der Waals surface area contributed by atoms with E-state index >= 15 is 0 Å². The molecule has 0 spiro atoms. The summed E-state index contributed by atoms with van der Waals surface area (Å²) in [5.74, 6) is 0.125. The average molecular weight is 235 g/mol. The van der Waals surface area contributed by atoms with Crippen LogP contribution in [0.5, 0.6) is 0 Å². The van der Waals surface area contributed by atoms with Gasteiger partial charge in [-0.3, -0.25) is 4.79 Å². The van der Waals surface area contributed by atoms with Gasteiger partial charge in [0.1, 0.15) is 6.54 Å². The first-order valence-electron chi connectivity index (χ1n) is 6.43. The first-order chi connectivity index (χ1) is 8.29. The van der Waals surface area contributed by atoms with Gasteiger partial charge in [-0.15, -0.1) is 0 Å². The van der Waals surface area contributed by atoms with Crippen LogP contribution in [0, 0.1) is 0 Å². The van der Waals surface area contributed by atoms with Crippen molar-refractivity contribution in [2.24, 2.45) is 0 Å². The zero-order valence-electron chi connectivity index (χ0n) is 10.4. The van der Waals surface area contributed by atoms with Gasteiger partial charge in [0.15, 0.2) is 0 Å². The number of carbonyl (C=O) groups is 1. The predicted octanol–water partition coefficient (Wildman–Crippen LogP) is 1.27. The van der Waals surface area contributed by atoms with Crippen LogP contribution < -0.4 is 10.6 Å². The normalized spacial score (nSPS) is 14.9. The Morgan fingerprint density at radius 2 is 2.35 bits per heavy atom. The molecule has 1 aromatic heterocycles. The number of rotatable bonds is 7. The Kier molecular flexibility index (Phi) is 4.20. The molecule has 1 aromatic rings. The summed E-state index contributed by atoms with van der Waals surface area (Å²) in [7, 11) is 0. The molecule has 2 N–H and O–H groups in total. The highest BCUT2D eigenvalue weighted by atomic mass is 16.2. The van der Waals surface area contributed by atoms with Gasteiger partial charge in [0.2, 0.25) is 5.91 Å². The lowest BCUT2D eigenvalue weighted by Gasteiger charge is -2.10. The maximum atomic E-state index is 11.7. The number of hydrogen-bond acceptors (Lipinski definition) is 2. The summed E-state index contributed by atoms with van der Waals surface area (Å²) in [4.78, 5) is 11.7. The number of aromatic nitrogens is 1. The van der Waals surface area contributed by atoms with Gasteiger partial charge in [0.05, 0.1) is 0 Å². The summed E-state index contributed by atoms with van der Waals surface area (Å²) in [6.45, 7) is 4.43. The van der Waals surface area contributed by atoms with Gasteiger partial charge in [0, 0.05) is 24.5 Å². The van der Waals surface area contributed by atoms with Gasteiger partial charge in [-0.1, -0.05) is 6.92 Å². The van der Waals surface area contributed by atoms with Crippen LogP contribution in [-0.2, 0) is 17.9 Å². The minimum atomic E-state index is 0.125. The standard InChI is InChI=1S/C13H21N3O/c1-2-7-14-9-12-4-3-8-16(12)10-13(17)15-11-5-6-11/h3-4,8,11,14H,2,5-7,9-10H2,1H3,(H,15,17). The largest absolute Gasteiger partial charge is 0.352 e. The van der Waals surface area contributed by atoms with E-state index in [0.29, 0.717) is 12.6 Å². The Bertz CT molecular complexity index is 368. The van der Waals surface area contributed by atoms with Crippen LogP contribution in [0.4, 0.5) is 0 Å². The van der Waals surface area contributed by atoms with Crippen molar-refractivity contribution in [3.63, 3.8) is 0 Å². The summed E-state index contributed by atoms with van der Waals surface area (Å²) in [6.07, 6.45) is 5.38. The van der Waals surface area contributed by atoms with E-state index in [0.717, 1.165) is 32.4 Å². The molecule has 0 atom stereocenters. The monoisotopic (exact) mass is 235 g/mol. The highest BCUT2D eigenvalue weighted by molar-refractivity contribution is 5.76. The molecule has 1 aliphatic carbocycles. The van der Waals surface area contributed by atoms with Crippen LogP contribution in [0.15, 0.2) is 18.3 Å². The summed E-state index contributed by atoms with van der Waals surface area (Å²) in [5, 5.41) is 6.36. The van der Waals surface area contributed by atoms with Crippen LogP contribution in [0.3, 0.4) is 0 Å². The van der Waals surface area contributed by atoms with Gasteiger partial charge in [0.25, 0.3) is 0 Å². The lowest BCUT2D eigenvalue weighted by Crippen LogP contribution is -2.30. The zero-order chi connectivity index (χ0) is 12.1. The molecular weight excluding hydrogens is 214 g/mol. The molecule has 1 saturated carbocycles. The molecule has 0 bridgehead atoms. The molecule has 94 valence electrons. The van der Waals surface area contributed by atoms with E-state index in [1.54, 1.807) is 0 Å². The lowest BCUT2D eigenvalue weighted by molar-refractivity contribution is -0.121. The minimum Gasteiger partial charge on any atom is -0.352 e. The van der Waals surface area contributed by atoms with E-state index in [4.69, 9.17) is 0 Å². The van der Waals surface area contributed by atoms with Gasteiger partial charge in [-0.2, -0.15) is 0 Å². The first-order valence-corrected chi connectivity index (χ1v) is 6.43. The van der Waals surface area contributed by atoms with Crippen molar-refractivity contribution in [3.8, 4) is 0 Å². The highest BCUT2D eigenvalue weighted by Gasteiger charge is 2.23. The van der Waals surface area contributed by atoms with Gasteiger partial charge in [-0.05, 0) is 37.9 Å². The SMILES string of the molecule is CCCNCc1cccn1CC(=O)NC1CC1. The molecule has 1 heterocycles. The number of carbonyl (C=O) groups excluding carboxylic acids is 1. The molecule has 4 nitrogen and oxygen atoms in total. The molecule has 4 heteroatoms. The molecule has 0 saturated heterocycles. The Balaban J connectivity index is 1.82. The van der Waals surface area contributed by atoms with Crippen molar-refractivity contribution in [3.05, 3.63) is 24.0 Å². The van der Waals surface area contributed by atoms with Crippen LogP contribution in [0.1, 0.15) is 31.9 Å². The van der Waals surface area contributed by atoms with E-state index in [1.807, 2.05) is 16.8 Å². The van der Waals surface area contributed by atoms with E-state index in [1.165, 1.54) is 5.69 Å². The van der Waals surface area contributed by atoms with Crippen molar-refractivity contribution < 1.29 is 4.79 Å². The Labute approximate surface area is 102 Å². The van der Waals surface area contributed by atoms with Crippen LogP contribution in [0.25, 0.3) is 0 Å². The van der Waals surface area contributed by atoms with Crippen molar-refractivity contribution in [2.45, 2.75) is 45.3 Å². The van der Waals surface area contributed by atoms with Gasteiger partial charge < -0.3 is 15.2 Å². The second kappa shape index (κ2) is 5.87. The number of nitrogens with one attached hydrogen (secondary N) is 2. The summed E-state index contributed by atoms with van der Waals surface area (Å²) in [6, 6.07) is 4.50. The van der Waals surface area contributed by atoms with Crippen LogP contribution in [0.2, 0.25) is 0 Å².